The van der Waals surface area contributed by atoms with E-state index >= 15 is 0 Å². The number of non-ortho nitro benzene ring substituents is 1. The number of amides is 1. The number of nitrogens with zero attached hydrogens (tertiary/aromatic N) is 2. The number of rotatable bonds is 5. The van der Waals surface area contributed by atoms with Gasteiger partial charge >= 0.3 is 0 Å². The van der Waals surface area contributed by atoms with E-state index in [0.717, 1.165) is 0 Å². The van der Waals surface area contributed by atoms with Crippen molar-refractivity contribution in [2.24, 2.45) is 5.10 Å². The molecule has 0 aliphatic rings. The summed E-state index contributed by atoms with van der Waals surface area (Å²) in [4.78, 5) is 22.2. The summed E-state index contributed by atoms with van der Waals surface area (Å²) in [6.07, 6.45) is 1.31. The number of nitrogens with one attached hydrogen (secondary N) is 1. The molecule has 0 bridgehead atoms. The Kier molecular flexibility index (Phi) is 5.32. The minimum atomic E-state index is -0.577. The van der Waals surface area contributed by atoms with Gasteiger partial charge in [0.05, 0.1) is 16.7 Å². The summed E-state index contributed by atoms with van der Waals surface area (Å²) >= 11 is 3.22. The van der Waals surface area contributed by atoms with Crippen LogP contribution in [0.5, 0.6) is 5.75 Å². The number of hydrogen-bond donors (Lipinski definition) is 2. The first-order valence-electron chi connectivity index (χ1n) is 7.60. The topological polar surface area (TPSA) is 118 Å². The maximum atomic E-state index is 12.0. The fourth-order valence-corrected chi connectivity index (χ4v) is 2.59. The van der Waals surface area contributed by atoms with Gasteiger partial charge in [-0.25, -0.2) is 5.43 Å². The molecule has 0 atom stereocenters. The number of benzene rings is 2. The van der Waals surface area contributed by atoms with E-state index in [4.69, 9.17) is 4.42 Å². The molecule has 8 nitrogen and oxygen atoms in total. The molecule has 136 valence electrons. The zero-order valence-corrected chi connectivity index (χ0v) is 15.2. The molecule has 1 amide bonds. The quantitative estimate of drug-likeness (QED) is 0.359. The van der Waals surface area contributed by atoms with Gasteiger partial charge in [0.15, 0.2) is 0 Å². The number of aromatic hydroxyl groups is 1. The second-order valence-electron chi connectivity index (χ2n) is 5.37. The standard InChI is InChI=1S/C18H12BrN3O5/c19-12-3-7-16(23)15(9-12)18(24)21-20-10-14-6-8-17(27-14)11-1-4-13(5-2-11)22(25)26/h1-10,23H,(H,21,24). The highest BCUT2D eigenvalue weighted by molar-refractivity contribution is 9.10. The van der Waals surface area contributed by atoms with Gasteiger partial charge in [-0.3, -0.25) is 14.9 Å². The zero-order chi connectivity index (χ0) is 19.4. The number of furan rings is 1. The van der Waals surface area contributed by atoms with Crippen LogP contribution in [0.25, 0.3) is 11.3 Å². The zero-order valence-electron chi connectivity index (χ0n) is 13.6. The largest absolute Gasteiger partial charge is 0.507 e. The van der Waals surface area contributed by atoms with Crippen molar-refractivity contribution >= 4 is 33.7 Å². The van der Waals surface area contributed by atoms with E-state index in [1.807, 2.05) is 0 Å². The molecular weight excluding hydrogens is 418 g/mol. The number of nitro groups is 1. The molecule has 0 aliphatic carbocycles. The molecule has 0 aliphatic heterocycles. The normalized spacial score (nSPS) is 10.9. The van der Waals surface area contributed by atoms with Crippen LogP contribution in [-0.4, -0.2) is 22.2 Å². The van der Waals surface area contributed by atoms with Crippen LogP contribution in [0.4, 0.5) is 5.69 Å². The number of carbonyl (C=O) groups excluding carboxylic acids is 1. The Morgan fingerprint density at radius 2 is 1.93 bits per heavy atom. The molecule has 1 heterocycles. The second-order valence-corrected chi connectivity index (χ2v) is 6.28. The maximum absolute atomic E-state index is 12.0. The monoisotopic (exact) mass is 429 g/mol. The van der Waals surface area contributed by atoms with E-state index in [1.165, 1.54) is 30.5 Å². The SMILES string of the molecule is O=C(NN=Cc1ccc(-c2ccc([N+](=O)[O-])cc2)o1)c1cc(Br)ccc1O. The molecule has 9 heteroatoms. The van der Waals surface area contributed by atoms with Crippen molar-refractivity contribution in [2.45, 2.75) is 0 Å². The smallest absolute Gasteiger partial charge is 0.275 e. The third kappa shape index (κ3) is 4.39. The number of hydrogen-bond acceptors (Lipinski definition) is 6. The molecule has 0 spiro atoms. The molecule has 3 rings (SSSR count). The van der Waals surface area contributed by atoms with E-state index in [-0.39, 0.29) is 17.0 Å². The molecular formula is C18H12BrN3O5. The van der Waals surface area contributed by atoms with Crippen LogP contribution in [0.15, 0.2) is 68.6 Å². The summed E-state index contributed by atoms with van der Waals surface area (Å²) in [5.74, 6) is 0.140. The van der Waals surface area contributed by atoms with Crippen LogP contribution in [0.1, 0.15) is 16.1 Å². The van der Waals surface area contributed by atoms with Crippen LogP contribution in [0, 0.1) is 10.1 Å². The summed E-state index contributed by atoms with van der Waals surface area (Å²) < 4.78 is 6.22. The van der Waals surface area contributed by atoms with Gasteiger partial charge in [-0.1, -0.05) is 15.9 Å². The minimum absolute atomic E-state index is 0.00870. The number of phenolic OH excluding ortho intramolecular Hbond substituents is 1. The van der Waals surface area contributed by atoms with Crippen LogP contribution in [-0.2, 0) is 0 Å². The van der Waals surface area contributed by atoms with Gasteiger partial charge in [-0.2, -0.15) is 5.10 Å². The maximum Gasteiger partial charge on any atom is 0.275 e. The number of phenols is 1. The number of carbonyl (C=O) groups is 1. The highest BCUT2D eigenvalue weighted by atomic mass is 79.9. The van der Waals surface area contributed by atoms with Gasteiger partial charge in [0.25, 0.3) is 11.6 Å². The van der Waals surface area contributed by atoms with Gasteiger partial charge in [0, 0.05) is 22.2 Å². The Morgan fingerprint density at radius 3 is 2.63 bits per heavy atom. The Bertz CT molecular complexity index is 1030. The minimum Gasteiger partial charge on any atom is -0.507 e. The van der Waals surface area contributed by atoms with Crippen molar-refractivity contribution in [1.29, 1.82) is 0 Å². The summed E-state index contributed by atoms with van der Waals surface area (Å²) in [6.45, 7) is 0. The molecule has 0 saturated carbocycles. The third-order valence-electron chi connectivity index (χ3n) is 3.55. The highest BCUT2D eigenvalue weighted by Gasteiger charge is 2.11. The first kappa shape index (κ1) is 18.3. The van der Waals surface area contributed by atoms with Crippen molar-refractivity contribution in [3.05, 3.63) is 80.5 Å². The average molecular weight is 430 g/mol. The lowest BCUT2D eigenvalue weighted by atomic mass is 10.1. The lowest BCUT2D eigenvalue weighted by Crippen LogP contribution is -2.17. The van der Waals surface area contributed by atoms with Crippen LogP contribution in [0.2, 0.25) is 0 Å². The summed E-state index contributed by atoms with van der Waals surface area (Å²) in [5.41, 5.74) is 3.04. The summed E-state index contributed by atoms with van der Waals surface area (Å²) in [7, 11) is 0. The highest BCUT2D eigenvalue weighted by Crippen LogP contribution is 2.24. The van der Waals surface area contributed by atoms with Crippen molar-refractivity contribution < 1.29 is 19.2 Å². The van der Waals surface area contributed by atoms with Gasteiger partial charge in [-0.05, 0) is 42.5 Å². The Balaban J connectivity index is 1.67. The Morgan fingerprint density at radius 1 is 1.19 bits per heavy atom. The fraction of sp³-hybridized carbons (Fsp3) is 0. The van der Waals surface area contributed by atoms with E-state index in [9.17, 15) is 20.0 Å². The van der Waals surface area contributed by atoms with Crippen molar-refractivity contribution in [2.75, 3.05) is 0 Å². The van der Waals surface area contributed by atoms with Crippen molar-refractivity contribution in [3.8, 4) is 17.1 Å². The van der Waals surface area contributed by atoms with E-state index in [1.54, 1.807) is 30.3 Å². The summed E-state index contributed by atoms with van der Waals surface area (Å²) in [6, 6.07) is 13.7. The molecule has 0 fully saturated rings. The second kappa shape index (κ2) is 7.83. The molecule has 1 aromatic heterocycles. The predicted octanol–water partition coefficient (Wildman–Crippen LogP) is 4.09. The van der Waals surface area contributed by atoms with Gasteiger partial charge < -0.3 is 9.52 Å². The molecule has 2 aromatic carbocycles. The molecule has 3 aromatic rings. The molecule has 27 heavy (non-hydrogen) atoms. The van der Waals surface area contributed by atoms with E-state index in [0.29, 0.717) is 21.6 Å². The lowest BCUT2D eigenvalue weighted by molar-refractivity contribution is -0.384. The van der Waals surface area contributed by atoms with Crippen molar-refractivity contribution in [1.82, 2.24) is 5.43 Å². The third-order valence-corrected chi connectivity index (χ3v) is 4.04. The molecule has 0 saturated heterocycles. The van der Waals surface area contributed by atoms with Gasteiger partial charge in [0.2, 0.25) is 0 Å². The van der Waals surface area contributed by atoms with Gasteiger partial charge in [0.1, 0.15) is 17.3 Å². The molecule has 0 radical (unpaired) electrons. The number of hydrazone groups is 1. The van der Waals surface area contributed by atoms with E-state index < -0.39 is 10.8 Å². The predicted molar refractivity (Wildman–Crippen MR) is 102 cm³/mol. The van der Waals surface area contributed by atoms with Crippen LogP contribution >= 0.6 is 15.9 Å². The van der Waals surface area contributed by atoms with Crippen LogP contribution in [0.3, 0.4) is 0 Å². The molecule has 2 N–H and O–H groups in total. The Hall–Kier alpha value is -3.46. The summed E-state index contributed by atoms with van der Waals surface area (Å²) in [5, 5.41) is 24.2. The number of halogens is 1. The van der Waals surface area contributed by atoms with Gasteiger partial charge in [-0.15, -0.1) is 0 Å². The first-order chi connectivity index (χ1) is 12.9. The number of nitro benzene ring substituents is 1. The van der Waals surface area contributed by atoms with Crippen LogP contribution < -0.4 is 5.43 Å². The fourth-order valence-electron chi connectivity index (χ4n) is 2.23. The lowest BCUT2D eigenvalue weighted by Gasteiger charge is -2.03. The average Bonchev–Trinajstić information content (AvgIpc) is 3.12. The first-order valence-corrected chi connectivity index (χ1v) is 8.40. The van der Waals surface area contributed by atoms with E-state index in [2.05, 4.69) is 26.5 Å². The molecule has 0 unspecified atom stereocenters. The Labute approximate surface area is 161 Å². The van der Waals surface area contributed by atoms with Crippen molar-refractivity contribution in [3.63, 3.8) is 0 Å².